The number of aromatic nitrogens is 2. The first-order chi connectivity index (χ1) is 15.7. The fraction of sp³-hybridized carbons (Fsp3) is 0.333. The van der Waals surface area contributed by atoms with E-state index in [1.807, 2.05) is 12.1 Å². The maximum absolute atomic E-state index is 10.7. The van der Waals surface area contributed by atoms with Crippen LogP contribution in [0, 0.1) is 0 Å². The second kappa shape index (κ2) is 10.7. The van der Waals surface area contributed by atoms with E-state index in [9.17, 15) is 50.4 Å². The van der Waals surface area contributed by atoms with Gasteiger partial charge in [-0.25, -0.2) is 0 Å². The molecule has 0 bridgehead atoms. The van der Waals surface area contributed by atoms with Gasteiger partial charge in [0.1, 0.15) is 0 Å². The van der Waals surface area contributed by atoms with Crippen LogP contribution in [0.25, 0.3) is 21.8 Å². The topological polar surface area (TPSA) is 77.8 Å². The van der Waals surface area contributed by atoms with Crippen molar-refractivity contribution in [1.82, 2.24) is 9.97 Å². The Kier molecular flexibility index (Phi) is 10.3. The molecule has 1 aromatic carbocycles. The summed E-state index contributed by atoms with van der Waals surface area (Å²) in [6.07, 6.45) is 8.40. The fourth-order valence-electron chi connectivity index (χ4n) is 2.87. The molecule has 0 unspecified atom stereocenters. The fourth-order valence-corrected chi connectivity index (χ4v) is 2.87. The van der Waals surface area contributed by atoms with Gasteiger partial charge in [-0.05, 0) is 25.0 Å². The number of nitrogens with zero attached hydrogens (tertiary/aromatic N) is 2. The monoisotopic (exact) mass is 779 g/mol. The molecular formula is C18H22F12N4P2Pt+2. The summed E-state index contributed by atoms with van der Waals surface area (Å²) in [6, 6.07) is 12.7. The number of nitrogens with two attached hydrogens (primary N) is 2. The van der Waals surface area contributed by atoms with E-state index >= 15 is 0 Å². The van der Waals surface area contributed by atoms with Gasteiger partial charge in [-0.1, -0.05) is 37.1 Å². The number of halogens is 12. The second-order valence-corrected chi connectivity index (χ2v) is 11.6. The summed E-state index contributed by atoms with van der Waals surface area (Å²) in [7, 11) is -21.3. The van der Waals surface area contributed by atoms with Gasteiger partial charge in [-0.2, -0.15) is 0 Å². The Morgan fingerprint density at radius 2 is 0.838 bits per heavy atom. The molecule has 19 heteroatoms. The van der Waals surface area contributed by atoms with Gasteiger partial charge in [-0.3, -0.25) is 9.97 Å². The molecule has 4 N–H and O–H groups in total. The van der Waals surface area contributed by atoms with Gasteiger partial charge in [0.25, 0.3) is 0 Å². The Hall–Kier alpha value is -1.33. The third-order valence-electron chi connectivity index (χ3n) is 4.22. The van der Waals surface area contributed by atoms with E-state index in [4.69, 9.17) is 11.5 Å². The molecule has 2 heterocycles. The van der Waals surface area contributed by atoms with Crippen molar-refractivity contribution in [2.75, 3.05) is 0 Å². The molecule has 2 atom stereocenters. The minimum Gasteiger partial charge on any atom is -0.326 e. The molecule has 0 radical (unpaired) electrons. The van der Waals surface area contributed by atoms with Crippen LogP contribution in [0.15, 0.2) is 48.8 Å². The van der Waals surface area contributed by atoms with Gasteiger partial charge < -0.3 is 11.5 Å². The zero-order valence-electron chi connectivity index (χ0n) is 18.4. The Balaban J connectivity index is 0.000000494. The maximum Gasteiger partial charge on any atom is 4.00 e. The third-order valence-corrected chi connectivity index (χ3v) is 4.22. The van der Waals surface area contributed by atoms with Crippen molar-refractivity contribution in [2.24, 2.45) is 11.5 Å². The summed E-state index contributed by atoms with van der Waals surface area (Å²) in [6.45, 7) is 0. The minimum atomic E-state index is -10.7. The van der Waals surface area contributed by atoms with Gasteiger partial charge in [0.15, 0.2) is 0 Å². The van der Waals surface area contributed by atoms with E-state index in [1.165, 1.54) is 12.8 Å². The van der Waals surface area contributed by atoms with Crippen molar-refractivity contribution in [3.05, 3.63) is 48.8 Å². The first-order valence-corrected chi connectivity index (χ1v) is 13.9. The van der Waals surface area contributed by atoms with Gasteiger partial charge in [0.2, 0.25) is 0 Å². The molecule has 3 aromatic rings. The summed E-state index contributed by atoms with van der Waals surface area (Å²) >= 11 is 0. The molecule has 0 saturated heterocycles. The molecule has 1 aliphatic carbocycles. The van der Waals surface area contributed by atoms with Gasteiger partial charge in [0.05, 0.1) is 11.0 Å². The van der Waals surface area contributed by atoms with Crippen LogP contribution in [-0.2, 0) is 21.1 Å². The van der Waals surface area contributed by atoms with E-state index in [1.54, 1.807) is 12.4 Å². The van der Waals surface area contributed by atoms with Crippen molar-refractivity contribution in [3.63, 3.8) is 0 Å². The number of benzene rings is 1. The Morgan fingerprint density at radius 1 is 0.568 bits per heavy atom. The zero-order chi connectivity index (χ0) is 28.2. The van der Waals surface area contributed by atoms with E-state index in [2.05, 4.69) is 34.2 Å². The standard InChI is InChI=1S/C12H8N2.C6H14N2.2F6P.Pt/c1-3-9-5-6-10-4-2-8-14-12(10)11(9)13-7-1;7-5-3-1-2-4-6(5)8;2*1-7(2,3,4,5)6;/h1-8H;5-6H,1-4,7-8H2;;;/q;;2*-1;+4/t;5-,6-;;;/m.1.../s1. The Labute approximate surface area is 216 Å². The van der Waals surface area contributed by atoms with Crippen LogP contribution in [0.5, 0.6) is 0 Å². The van der Waals surface area contributed by atoms with Crippen molar-refractivity contribution < 1.29 is 71.4 Å². The zero-order valence-corrected chi connectivity index (χ0v) is 22.5. The van der Waals surface area contributed by atoms with Crippen LogP contribution in [0.2, 0.25) is 0 Å². The molecule has 4 rings (SSSR count). The SMILES string of the molecule is F[P-](F)(F)(F)(F)F.F[P-](F)(F)(F)(F)F.N[C@@H]1CCCC[C@H]1N.[Pt+4].c1cnc2c(c1)ccc1cccnc12. The summed E-state index contributed by atoms with van der Waals surface area (Å²) in [5.74, 6) is 0. The second-order valence-electron chi connectivity index (χ2n) is 7.74. The average molecular weight is 779 g/mol. The summed E-state index contributed by atoms with van der Waals surface area (Å²) < 4.78 is 118. The van der Waals surface area contributed by atoms with Crippen LogP contribution in [0.4, 0.5) is 50.4 Å². The largest absolute Gasteiger partial charge is 4.00 e. The quantitative estimate of drug-likeness (QED) is 0.135. The molecule has 1 saturated carbocycles. The third kappa shape index (κ3) is 22.4. The molecule has 4 nitrogen and oxygen atoms in total. The Morgan fingerprint density at radius 3 is 1.08 bits per heavy atom. The van der Waals surface area contributed by atoms with Gasteiger partial charge in [-0.15, -0.1) is 0 Å². The smallest absolute Gasteiger partial charge is 0.326 e. The van der Waals surface area contributed by atoms with Crippen LogP contribution < -0.4 is 11.5 Å². The Bertz CT molecular complexity index is 1060. The van der Waals surface area contributed by atoms with Crippen molar-refractivity contribution in [1.29, 1.82) is 0 Å². The number of fused-ring (bicyclic) bond motifs is 3. The van der Waals surface area contributed by atoms with E-state index in [-0.39, 0.29) is 33.1 Å². The average Bonchev–Trinajstić information content (AvgIpc) is 2.66. The normalized spacial score (nSPS) is 21.5. The van der Waals surface area contributed by atoms with E-state index < -0.39 is 15.6 Å². The summed E-state index contributed by atoms with van der Waals surface area (Å²) in [4.78, 5) is 8.69. The predicted molar refractivity (Wildman–Crippen MR) is 119 cm³/mol. The molecule has 1 aliphatic rings. The number of hydrogen-bond donors (Lipinski definition) is 2. The summed E-state index contributed by atoms with van der Waals surface area (Å²) in [5.41, 5.74) is 13.3. The van der Waals surface area contributed by atoms with Gasteiger partial charge >= 0.3 is 87.0 Å². The molecule has 0 spiro atoms. The van der Waals surface area contributed by atoms with Crippen molar-refractivity contribution in [3.8, 4) is 0 Å². The molecule has 0 aliphatic heterocycles. The number of rotatable bonds is 0. The van der Waals surface area contributed by atoms with E-state index in [0.717, 1.165) is 34.6 Å². The molecule has 2 aromatic heterocycles. The molecule has 0 amide bonds. The van der Waals surface area contributed by atoms with E-state index in [0.29, 0.717) is 0 Å². The number of hydrogen-bond acceptors (Lipinski definition) is 4. The van der Waals surface area contributed by atoms with Crippen molar-refractivity contribution >= 4 is 37.4 Å². The molecular weight excluding hydrogens is 757 g/mol. The molecule has 1 fully saturated rings. The van der Waals surface area contributed by atoms with Crippen LogP contribution in [-0.4, -0.2) is 22.1 Å². The van der Waals surface area contributed by atoms with Crippen LogP contribution in [0.3, 0.4) is 0 Å². The van der Waals surface area contributed by atoms with Crippen LogP contribution >= 0.6 is 15.6 Å². The maximum atomic E-state index is 9.87. The minimum absolute atomic E-state index is 0. The van der Waals surface area contributed by atoms with Crippen molar-refractivity contribution in [2.45, 2.75) is 37.8 Å². The molecule has 216 valence electrons. The van der Waals surface area contributed by atoms with Gasteiger partial charge in [0, 0.05) is 35.2 Å². The summed E-state index contributed by atoms with van der Waals surface area (Å²) in [5, 5.41) is 2.28. The number of pyridine rings is 2. The first-order valence-electron chi connectivity index (χ1n) is 9.88. The first kappa shape index (κ1) is 35.7. The molecule has 37 heavy (non-hydrogen) atoms. The van der Waals surface area contributed by atoms with Crippen LogP contribution in [0.1, 0.15) is 25.7 Å². The predicted octanol–water partition coefficient (Wildman–Crippen LogP) is 9.76.